The highest BCUT2D eigenvalue weighted by molar-refractivity contribution is 6.51. The SMILES string of the molecule is Cc1cccc(C2/C(=C(/O)c3ccc4c(c3)OCO4)C(=O)C(=O)N2c2ccc(C(F)(F)F)cc2)c1. The topological polar surface area (TPSA) is 76.1 Å². The zero-order valence-electron chi connectivity index (χ0n) is 18.3. The average molecular weight is 481 g/mol. The Kier molecular flexibility index (Phi) is 5.27. The molecule has 9 heteroatoms. The molecule has 1 amide bonds. The summed E-state index contributed by atoms with van der Waals surface area (Å²) in [4.78, 5) is 27.4. The normalized spacial score (nSPS) is 18.9. The smallest absolute Gasteiger partial charge is 0.416 e. The van der Waals surface area contributed by atoms with Gasteiger partial charge in [0, 0.05) is 11.3 Å². The number of fused-ring (bicyclic) bond motifs is 1. The van der Waals surface area contributed by atoms with Crippen LogP contribution < -0.4 is 14.4 Å². The molecule has 6 nitrogen and oxygen atoms in total. The van der Waals surface area contributed by atoms with Crippen LogP contribution in [-0.4, -0.2) is 23.6 Å². The van der Waals surface area contributed by atoms with Gasteiger partial charge in [-0.25, -0.2) is 0 Å². The van der Waals surface area contributed by atoms with Crippen molar-refractivity contribution in [1.82, 2.24) is 0 Å². The highest BCUT2D eigenvalue weighted by Crippen LogP contribution is 2.44. The number of carbonyl (C=O) groups excluding carboxylic acids is 2. The lowest BCUT2D eigenvalue weighted by Crippen LogP contribution is -2.29. The second-order valence-electron chi connectivity index (χ2n) is 8.20. The predicted molar refractivity (Wildman–Crippen MR) is 120 cm³/mol. The van der Waals surface area contributed by atoms with Crippen molar-refractivity contribution in [2.24, 2.45) is 0 Å². The summed E-state index contributed by atoms with van der Waals surface area (Å²) >= 11 is 0. The molecule has 0 aromatic heterocycles. The van der Waals surface area contributed by atoms with Gasteiger partial charge in [-0.05, 0) is 55.0 Å². The van der Waals surface area contributed by atoms with Crippen molar-refractivity contribution < 1.29 is 37.3 Å². The summed E-state index contributed by atoms with van der Waals surface area (Å²) in [6.45, 7) is 1.84. The largest absolute Gasteiger partial charge is 0.507 e. The third-order valence-corrected chi connectivity index (χ3v) is 5.92. The molecule has 1 saturated heterocycles. The van der Waals surface area contributed by atoms with E-state index in [1.165, 1.54) is 12.1 Å². The van der Waals surface area contributed by atoms with Crippen molar-refractivity contribution in [1.29, 1.82) is 0 Å². The summed E-state index contributed by atoms with van der Waals surface area (Å²) in [5.74, 6) is -1.49. The van der Waals surface area contributed by atoms with Gasteiger partial charge in [-0.1, -0.05) is 29.8 Å². The number of ketones is 1. The number of carbonyl (C=O) groups is 2. The molecule has 1 N–H and O–H groups in total. The van der Waals surface area contributed by atoms with E-state index in [4.69, 9.17) is 9.47 Å². The van der Waals surface area contributed by atoms with Crippen LogP contribution in [0.4, 0.5) is 18.9 Å². The van der Waals surface area contributed by atoms with E-state index in [1.54, 1.807) is 24.3 Å². The van der Waals surface area contributed by atoms with Gasteiger partial charge in [0.15, 0.2) is 11.5 Å². The predicted octanol–water partition coefficient (Wildman–Crippen LogP) is 5.37. The zero-order valence-corrected chi connectivity index (χ0v) is 18.3. The van der Waals surface area contributed by atoms with E-state index in [1.807, 2.05) is 13.0 Å². The number of Topliss-reactive ketones (excluding diaryl/α,β-unsaturated/α-hetero) is 1. The van der Waals surface area contributed by atoms with Crippen LogP contribution in [-0.2, 0) is 15.8 Å². The lowest BCUT2D eigenvalue weighted by molar-refractivity contribution is -0.137. The molecule has 2 heterocycles. The van der Waals surface area contributed by atoms with Crippen LogP contribution in [0, 0.1) is 6.92 Å². The third-order valence-electron chi connectivity index (χ3n) is 5.92. The minimum atomic E-state index is -4.55. The van der Waals surface area contributed by atoms with Crippen molar-refractivity contribution in [3.63, 3.8) is 0 Å². The molecule has 5 rings (SSSR count). The van der Waals surface area contributed by atoms with Crippen LogP contribution in [0.3, 0.4) is 0 Å². The maximum Gasteiger partial charge on any atom is 0.416 e. The Morgan fingerprint density at radius 2 is 1.69 bits per heavy atom. The lowest BCUT2D eigenvalue weighted by atomic mass is 9.94. The minimum absolute atomic E-state index is 0.0150. The number of anilines is 1. The monoisotopic (exact) mass is 481 g/mol. The van der Waals surface area contributed by atoms with Gasteiger partial charge in [0.05, 0.1) is 17.2 Å². The first-order valence-electron chi connectivity index (χ1n) is 10.6. The van der Waals surface area contributed by atoms with Crippen LogP contribution in [0.5, 0.6) is 11.5 Å². The number of halogens is 3. The summed E-state index contributed by atoms with van der Waals surface area (Å²) in [6.07, 6.45) is -4.55. The summed E-state index contributed by atoms with van der Waals surface area (Å²) in [5.41, 5.74) is 0.619. The van der Waals surface area contributed by atoms with Gasteiger partial charge in [0.25, 0.3) is 11.7 Å². The zero-order chi connectivity index (χ0) is 24.9. The fourth-order valence-corrected chi connectivity index (χ4v) is 4.26. The molecule has 2 aliphatic rings. The van der Waals surface area contributed by atoms with Crippen molar-refractivity contribution in [3.05, 3.63) is 94.6 Å². The van der Waals surface area contributed by atoms with E-state index >= 15 is 0 Å². The van der Waals surface area contributed by atoms with Crippen LogP contribution in [0.2, 0.25) is 0 Å². The summed E-state index contributed by atoms with van der Waals surface area (Å²) in [7, 11) is 0. The van der Waals surface area contributed by atoms with E-state index in [2.05, 4.69) is 0 Å². The van der Waals surface area contributed by atoms with E-state index in [0.29, 0.717) is 17.1 Å². The van der Waals surface area contributed by atoms with Gasteiger partial charge >= 0.3 is 6.18 Å². The molecule has 1 fully saturated rings. The molecule has 35 heavy (non-hydrogen) atoms. The summed E-state index contributed by atoms with van der Waals surface area (Å²) < 4.78 is 49.9. The van der Waals surface area contributed by atoms with Gasteiger partial charge in [-0.2, -0.15) is 13.2 Å². The van der Waals surface area contributed by atoms with Crippen LogP contribution in [0.1, 0.15) is 28.3 Å². The van der Waals surface area contributed by atoms with Crippen molar-refractivity contribution >= 4 is 23.1 Å². The Labute approximate surface area is 197 Å². The van der Waals surface area contributed by atoms with Gasteiger partial charge in [0.2, 0.25) is 6.79 Å². The Bertz CT molecular complexity index is 1380. The molecule has 1 unspecified atom stereocenters. The van der Waals surface area contributed by atoms with E-state index in [0.717, 1.165) is 34.7 Å². The Morgan fingerprint density at radius 3 is 2.37 bits per heavy atom. The highest BCUT2D eigenvalue weighted by atomic mass is 19.4. The molecule has 3 aromatic rings. The number of ether oxygens (including phenoxy) is 2. The number of rotatable bonds is 3. The molecule has 0 radical (unpaired) electrons. The second-order valence-corrected chi connectivity index (χ2v) is 8.20. The molecular formula is C26H18F3NO5. The van der Waals surface area contributed by atoms with Crippen molar-refractivity contribution in [2.45, 2.75) is 19.1 Å². The number of alkyl halides is 3. The first kappa shape index (κ1) is 22.5. The Morgan fingerprint density at radius 1 is 0.971 bits per heavy atom. The molecule has 0 bridgehead atoms. The quantitative estimate of drug-likeness (QED) is 0.309. The third kappa shape index (κ3) is 3.88. The van der Waals surface area contributed by atoms with E-state index < -0.39 is 35.2 Å². The van der Waals surface area contributed by atoms with Crippen LogP contribution in [0.15, 0.2) is 72.3 Å². The number of amides is 1. The molecule has 0 saturated carbocycles. The molecule has 0 aliphatic carbocycles. The first-order chi connectivity index (χ1) is 16.6. The number of aliphatic hydroxyl groups excluding tert-OH is 1. The molecule has 3 aromatic carbocycles. The molecule has 2 aliphatic heterocycles. The number of benzene rings is 3. The lowest BCUT2D eigenvalue weighted by Gasteiger charge is -2.26. The van der Waals surface area contributed by atoms with Crippen LogP contribution >= 0.6 is 0 Å². The highest BCUT2D eigenvalue weighted by Gasteiger charge is 2.47. The van der Waals surface area contributed by atoms with E-state index in [9.17, 15) is 27.9 Å². The standard InChI is InChI=1S/C26H18F3NO5/c1-14-3-2-4-15(11-14)22-21(23(31)16-5-10-19-20(12-16)35-13-34-19)24(32)25(33)30(22)18-8-6-17(7-9-18)26(27,28)29/h2-12,22,31H,13H2,1H3/b23-21-. The minimum Gasteiger partial charge on any atom is -0.507 e. The molecule has 0 spiro atoms. The van der Waals surface area contributed by atoms with Gasteiger partial charge in [0.1, 0.15) is 5.76 Å². The maximum absolute atomic E-state index is 13.2. The number of hydrogen-bond donors (Lipinski definition) is 1. The Balaban J connectivity index is 1.67. The Hall–Kier alpha value is -4.27. The molecule has 1 atom stereocenters. The maximum atomic E-state index is 13.2. The van der Waals surface area contributed by atoms with Gasteiger partial charge in [-0.15, -0.1) is 0 Å². The summed E-state index contributed by atoms with van der Waals surface area (Å²) in [5, 5.41) is 11.2. The van der Waals surface area contributed by atoms with Crippen LogP contribution in [0.25, 0.3) is 5.76 Å². The van der Waals surface area contributed by atoms with Crippen molar-refractivity contribution in [3.8, 4) is 11.5 Å². The number of aryl methyl sites for hydroxylation is 1. The number of hydrogen-bond acceptors (Lipinski definition) is 5. The number of aliphatic hydroxyl groups is 1. The molecule has 178 valence electrons. The fraction of sp³-hybridized carbons (Fsp3) is 0.154. The number of nitrogens with zero attached hydrogens (tertiary/aromatic N) is 1. The van der Waals surface area contributed by atoms with Gasteiger partial charge < -0.3 is 14.6 Å². The molecular weight excluding hydrogens is 463 g/mol. The first-order valence-corrected chi connectivity index (χ1v) is 10.6. The second kappa shape index (κ2) is 8.19. The fourth-order valence-electron chi connectivity index (χ4n) is 4.26. The summed E-state index contributed by atoms with van der Waals surface area (Å²) in [6, 6.07) is 14.5. The average Bonchev–Trinajstić information content (AvgIpc) is 3.40. The van der Waals surface area contributed by atoms with Crippen molar-refractivity contribution in [2.75, 3.05) is 11.7 Å². The van der Waals surface area contributed by atoms with Gasteiger partial charge in [-0.3, -0.25) is 14.5 Å². The van der Waals surface area contributed by atoms with E-state index in [-0.39, 0.29) is 23.6 Å².